The molecular formula is C12H16N2O3. The van der Waals surface area contributed by atoms with Crippen LogP contribution in [0.4, 0.5) is 0 Å². The number of nitrogens with one attached hydrogen (secondary N) is 1. The average Bonchev–Trinajstić information content (AvgIpc) is 2.37. The van der Waals surface area contributed by atoms with Gasteiger partial charge in [0.05, 0.1) is 7.11 Å². The van der Waals surface area contributed by atoms with E-state index in [4.69, 9.17) is 9.47 Å². The fourth-order valence-corrected chi connectivity index (χ4v) is 1.06. The molecule has 0 bridgehead atoms. The first-order valence-corrected chi connectivity index (χ1v) is 5.33. The summed E-state index contributed by atoms with van der Waals surface area (Å²) in [5, 5.41) is 3.70. The second kappa shape index (κ2) is 7.27. The van der Waals surface area contributed by atoms with Crippen LogP contribution in [0.15, 0.2) is 29.4 Å². The van der Waals surface area contributed by atoms with Gasteiger partial charge in [-0.05, 0) is 30.7 Å². The fraction of sp³-hybridized carbons (Fsp3) is 0.333. The molecule has 1 aromatic rings. The van der Waals surface area contributed by atoms with E-state index in [2.05, 4.69) is 10.5 Å². The first-order chi connectivity index (χ1) is 8.26. The topological polar surface area (TPSA) is 59.9 Å². The average molecular weight is 236 g/mol. The molecule has 92 valence electrons. The summed E-state index contributed by atoms with van der Waals surface area (Å²) in [5.74, 6) is 1.07. The molecular weight excluding hydrogens is 220 g/mol. The lowest BCUT2D eigenvalue weighted by atomic mass is 10.3. The fourth-order valence-electron chi connectivity index (χ4n) is 1.06. The lowest BCUT2D eigenvalue weighted by Crippen LogP contribution is -2.24. The number of hydrogen-bond donors (Lipinski definition) is 1. The van der Waals surface area contributed by atoms with E-state index in [-0.39, 0.29) is 12.5 Å². The van der Waals surface area contributed by atoms with E-state index in [9.17, 15) is 4.79 Å². The monoisotopic (exact) mass is 236 g/mol. The molecule has 0 aliphatic rings. The summed E-state index contributed by atoms with van der Waals surface area (Å²) in [5.41, 5.74) is 2.36. The highest BCUT2D eigenvalue weighted by Crippen LogP contribution is 2.16. The van der Waals surface area contributed by atoms with Crippen LogP contribution < -0.4 is 14.9 Å². The van der Waals surface area contributed by atoms with Gasteiger partial charge in [-0.25, -0.2) is 5.43 Å². The second-order valence-corrected chi connectivity index (χ2v) is 3.22. The third kappa shape index (κ3) is 5.01. The van der Waals surface area contributed by atoms with Gasteiger partial charge in [0.25, 0.3) is 5.91 Å². The van der Waals surface area contributed by atoms with E-state index in [0.29, 0.717) is 5.75 Å². The zero-order valence-electron chi connectivity index (χ0n) is 9.97. The normalized spacial score (nSPS) is 10.2. The molecule has 0 spiro atoms. The Morgan fingerprint density at radius 3 is 2.59 bits per heavy atom. The van der Waals surface area contributed by atoms with Crippen LogP contribution in [0, 0.1) is 0 Å². The van der Waals surface area contributed by atoms with Crippen molar-refractivity contribution in [3.05, 3.63) is 24.3 Å². The van der Waals surface area contributed by atoms with Gasteiger partial charge < -0.3 is 9.47 Å². The van der Waals surface area contributed by atoms with Crippen molar-refractivity contribution in [2.75, 3.05) is 13.7 Å². The molecule has 17 heavy (non-hydrogen) atoms. The lowest BCUT2D eigenvalue weighted by molar-refractivity contribution is -0.123. The van der Waals surface area contributed by atoms with Crippen LogP contribution in [0.2, 0.25) is 0 Å². The van der Waals surface area contributed by atoms with E-state index in [1.54, 1.807) is 37.6 Å². The van der Waals surface area contributed by atoms with Crippen molar-refractivity contribution in [1.29, 1.82) is 0 Å². The Morgan fingerprint density at radius 1 is 1.35 bits per heavy atom. The summed E-state index contributed by atoms with van der Waals surface area (Å²) in [7, 11) is 1.59. The molecule has 1 N–H and O–H groups in total. The van der Waals surface area contributed by atoms with Crippen LogP contribution in [0.25, 0.3) is 0 Å². The van der Waals surface area contributed by atoms with Gasteiger partial charge in [0.2, 0.25) is 0 Å². The predicted octanol–water partition coefficient (Wildman–Crippen LogP) is 1.59. The Labute approximate surface area is 100 Å². The number of methoxy groups -OCH3 is 1. The minimum atomic E-state index is -0.287. The Morgan fingerprint density at radius 2 is 2.00 bits per heavy atom. The van der Waals surface area contributed by atoms with Crippen LogP contribution in [0.5, 0.6) is 11.5 Å². The zero-order valence-corrected chi connectivity index (χ0v) is 9.97. The van der Waals surface area contributed by atoms with Crippen LogP contribution >= 0.6 is 0 Å². The van der Waals surface area contributed by atoms with E-state index in [0.717, 1.165) is 12.2 Å². The van der Waals surface area contributed by atoms with Crippen LogP contribution in [0.1, 0.15) is 13.3 Å². The van der Waals surface area contributed by atoms with E-state index in [1.807, 2.05) is 6.92 Å². The van der Waals surface area contributed by atoms with Crippen LogP contribution in [-0.4, -0.2) is 25.8 Å². The molecule has 1 aromatic carbocycles. The van der Waals surface area contributed by atoms with Crippen molar-refractivity contribution < 1.29 is 14.3 Å². The van der Waals surface area contributed by atoms with E-state index < -0.39 is 0 Å². The maximum Gasteiger partial charge on any atom is 0.277 e. The molecule has 0 aliphatic heterocycles. The first kappa shape index (κ1) is 13.0. The molecule has 5 heteroatoms. The van der Waals surface area contributed by atoms with Crippen molar-refractivity contribution in [2.24, 2.45) is 5.10 Å². The molecule has 0 aliphatic carbocycles. The molecule has 0 fully saturated rings. The number of hydrazone groups is 1. The number of ether oxygens (including phenoxy) is 2. The Bertz CT molecular complexity index is 374. The van der Waals surface area contributed by atoms with E-state index >= 15 is 0 Å². The second-order valence-electron chi connectivity index (χ2n) is 3.22. The first-order valence-electron chi connectivity index (χ1n) is 5.33. The molecule has 0 saturated carbocycles. The minimum Gasteiger partial charge on any atom is -0.497 e. The lowest BCUT2D eigenvalue weighted by Gasteiger charge is -2.05. The molecule has 0 unspecified atom stereocenters. The van der Waals surface area contributed by atoms with Gasteiger partial charge in [0.1, 0.15) is 11.5 Å². The molecule has 1 amide bonds. The summed E-state index contributed by atoms with van der Waals surface area (Å²) in [4.78, 5) is 11.2. The number of carbonyl (C=O) groups excluding carboxylic acids is 1. The Balaban J connectivity index is 2.34. The Kier molecular flexibility index (Phi) is 5.57. The van der Waals surface area contributed by atoms with Gasteiger partial charge in [0.15, 0.2) is 6.61 Å². The largest absolute Gasteiger partial charge is 0.497 e. The Hall–Kier alpha value is -2.04. The summed E-state index contributed by atoms with van der Waals surface area (Å²) in [6.07, 6.45) is 2.39. The summed E-state index contributed by atoms with van der Waals surface area (Å²) >= 11 is 0. The highest BCUT2D eigenvalue weighted by Gasteiger charge is 2.01. The van der Waals surface area contributed by atoms with Gasteiger partial charge in [-0.15, -0.1) is 0 Å². The maximum atomic E-state index is 11.2. The SMILES string of the molecule is CC/C=N/NC(=O)COc1ccc(OC)cc1. The zero-order chi connectivity index (χ0) is 12.5. The smallest absolute Gasteiger partial charge is 0.277 e. The van der Waals surface area contributed by atoms with Gasteiger partial charge in [-0.1, -0.05) is 6.92 Å². The summed E-state index contributed by atoms with van der Waals surface area (Å²) in [6.45, 7) is 1.87. The standard InChI is InChI=1S/C12H16N2O3/c1-3-8-13-14-12(15)9-17-11-6-4-10(16-2)5-7-11/h4-8H,3,9H2,1-2H3,(H,14,15)/b13-8+. The summed E-state index contributed by atoms with van der Waals surface area (Å²) in [6, 6.07) is 7.01. The molecule has 0 aromatic heterocycles. The number of amides is 1. The van der Waals surface area contributed by atoms with Gasteiger partial charge in [0, 0.05) is 6.21 Å². The van der Waals surface area contributed by atoms with Crippen molar-refractivity contribution >= 4 is 12.1 Å². The highest BCUT2D eigenvalue weighted by atomic mass is 16.5. The third-order valence-corrected chi connectivity index (χ3v) is 1.89. The van der Waals surface area contributed by atoms with Crippen molar-refractivity contribution in [2.45, 2.75) is 13.3 Å². The van der Waals surface area contributed by atoms with Crippen molar-refractivity contribution in [3.63, 3.8) is 0 Å². The molecule has 0 saturated heterocycles. The quantitative estimate of drug-likeness (QED) is 0.602. The molecule has 0 heterocycles. The van der Waals surface area contributed by atoms with Crippen molar-refractivity contribution in [3.8, 4) is 11.5 Å². The van der Waals surface area contributed by atoms with Crippen LogP contribution in [0.3, 0.4) is 0 Å². The molecule has 1 rings (SSSR count). The number of nitrogens with zero attached hydrogens (tertiary/aromatic N) is 1. The highest BCUT2D eigenvalue weighted by molar-refractivity contribution is 5.78. The minimum absolute atomic E-state index is 0.0621. The number of carbonyl (C=O) groups is 1. The van der Waals surface area contributed by atoms with Gasteiger partial charge in [-0.2, -0.15) is 5.10 Å². The van der Waals surface area contributed by atoms with Crippen LogP contribution in [-0.2, 0) is 4.79 Å². The van der Waals surface area contributed by atoms with Gasteiger partial charge in [-0.3, -0.25) is 4.79 Å². The molecule has 0 atom stereocenters. The van der Waals surface area contributed by atoms with Gasteiger partial charge >= 0.3 is 0 Å². The number of benzene rings is 1. The molecule has 5 nitrogen and oxygen atoms in total. The predicted molar refractivity (Wildman–Crippen MR) is 65.4 cm³/mol. The number of hydrogen-bond acceptors (Lipinski definition) is 4. The third-order valence-electron chi connectivity index (χ3n) is 1.89. The van der Waals surface area contributed by atoms with Crippen molar-refractivity contribution in [1.82, 2.24) is 5.43 Å². The number of rotatable bonds is 6. The maximum absolute atomic E-state index is 11.2. The molecule has 0 radical (unpaired) electrons. The van der Waals surface area contributed by atoms with E-state index in [1.165, 1.54) is 0 Å². The summed E-state index contributed by atoms with van der Waals surface area (Å²) < 4.78 is 10.3.